The molecule has 5 aliphatic rings. The van der Waals surface area contributed by atoms with Gasteiger partial charge in [-0.2, -0.15) is 0 Å². The molecule has 1 amide bonds. The van der Waals surface area contributed by atoms with Gasteiger partial charge < -0.3 is 57.6 Å². The Morgan fingerprint density at radius 3 is 2.18 bits per heavy atom. The number of hydrogen-bond acceptors (Lipinski definition) is 15. The molecule has 374 valence electrons. The first-order valence-electron chi connectivity index (χ1n) is 23.8. The Morgan fingerprint density at radius 1 is 0.956 bits per heavy atom. The minimum atomic E-state index is -2.09. The molecule has 2 N–H and O–H groups in total. The number of carbonyl (C=O) groups excluding carboxylic acids is 4. The lowest BCUT2D eigenvalue weighted by atomic mass is 9.44. The molecule has 2 heterocycles. The third kappa shape index (κ3) is 9.53. The molecule has 2 saturated carbocycles. The lowest BCUT2D eigenvalue weighted by molar-refractivity contribution is -0.366. The molecule has 2 bridgehead atoms. The van der Waals surface area contributed by atoms with Crippen LogP contribution >= 0.6 is 0 Å². The van der Waals surface area contributed by atoms with Crippen LogP contribution in [0.4, 0.5) is 4.79 Å². The molecule has 0 radical (unpaired) electrons. The van der Waals surface area contributed by atoms with Crippen molar-refractivity contribution in [1.82, 2.24) is 10.2 Å². The summed E-state index contributed by atoms with van der Waals surface area (Å²) in [6.45, 7) is 20.5. The highest BCUT2D eigenvalue weighted by Gasteiger charge is 2.79. The minimum absolute atomic E-state index is 0.0644. The Balaban J connectivity index is 1.43. The first-order chi connectivity index (χ1) is 31.8. The average molecular weight is 965 g/mol. The standard InChI is InChI=1S/C51H72N2O14Si/c1-29-33(61-44(56)39(67-68-13)37(31-20-16-14-17-21-31)52-45(57)66-46(3,4)5)27-51(58)42(62-43(55)32-22-18-15-19-23-32)40-49(10,41-38(36(29)47(51,6)7)64-48(8,9)65-41)34(59-25-24-53(11)12)26-35-50(40,28-60-35)63-30(2)54/h14-23,33-35,37-42,58H,24-28,68H2,1-13H3,(H,52,57)/t33-,34-,35+,37-,38+,39+,40-,41+,42-,49+,50-,51+/m0/s1. The van der Waals surface area contributed by atoms with Crippen molar-refractivity contribution in [3.8, 4) is 0 Å². The molecule has 2 aliphatic heterocycles. The van der Waals surface area contributed by atoms with Gasteiger partial charge in [0.15, 0.2) is 27.3 Å². The van der Waals surface area contributed by atoms with Crippen LogP contribution in [-0.2, 0) is 51.9 Å². The van der Waals surface area contributed by atoms with E-state index in [1.54, 1.807) is 75.4 Å². The lowest BCUT2D eigenvalue weighted by Gasteiger charge is -2.69. The number of esters is 3. The quantitative estimate of drug-likeness (QED) is 0.103. The molecule has 0 unspecified atom stereocenters. The highest BCUT2D eigenvalue weighted by Crippen LogP contribution is 2.67. The van der Waals surface area contributed by atoms with Crippen molar-refractivity contribution in [2.45, 2.75) is 160 Å². The van der Waals surface area contributed by atoms with Gasteiger partial charge in [-0.15, -0.1) is 0 Å². The monoisotopic (exact) mass is 964 g/mol. The van der Waals surface area contributed by atoms with Gasteiger partial charge in [0.25, 0.3) is 0 Å². The van der Waals surface area contributed by atoms with E-state index in [9.17, 15) is 19.5 Å². The minimum Gasteiger partial charge on any atom is -0.456 e. The van der Waals surface area contributed by atoms with Gasteiger partial charge in [-0.1, -0.05) is 75.8 Å². The molecule has 0 aromatic heterocycles. The number of aliphatic hydroxyl groups is 1. The van der Waals surface area contributed by atoms with Crippen LogP contribution in [0.2, 0.25) is 6.55 Å². The number of rotatable bonds is 14. The van der Waals surface area contributed by atoms with E-state index in [2.05, 4.69) is 5.32 Å². The van der Waals surface area contributed by atoms with Crippen LogP contribution in [0.3, 0.4) is 0 Å². The van der Waals surface area contributed by atoms with Crippen molar-refractivity contribution in [2.75, 3.05) is 33.9 Å². The van der Waals surface area contributed by atoms with Crippen LogP contribution in [0.5, 0.6) is 0 Å². The lowest BCUT2D eigenvalue weighted by Crippen LogP contribution is -2.82. The SMILES string of the molecule is C[SiH2]O[C@@H](C(=O)O[C@H]1C[C@@]2(O)[C@@H](OC(=O)c3ccccc3)[C@@H]3[C@]4(OC(C)=O)CO[C@@H]4C[C@H](OCCN(C)C)[C@@]3(C)[C@@H]3OC(C)(C)O[C@@H]3C(=C1C)C2(C)C)[C@@H](NC(=O)OC(C)(C)C)c1ccccc1. The van der Waals surface area contributed by atoms with Crippen LogP contribution in [0.25, 0.3) is 0 Å². The second kappa shape index (κ2) is 19.2. The smallest absolute Gasteiger partial charge is 0.408 e. The van der Waals surface area contributed by atoms with E-state index < -0.39 is 122 Å². The number of likely N-dealkylation sites (N-methyl/N-ethyl adjacent to an activating group) is 1. The van der Waals surface area contributed by atoms with Gasteiger partial charge in [0, 0.05) is 37.1 Å². The van der Waals surface area contributed by atoms with Gasteiger partial charge in [0.05, 0.1) is 42.9 Å². The second-order valence-corrected chi connectivity index (χ2v) is 22.4. The van der Waals surface area contributed by atoms with E-state index in [1.807, 2.05) is 73.2 Å². The fourth-order valence-electron chi connectivity index (χ4n) is 11.6. The number of hydrogen-bond donors (Lipinski definition) is 2. The fraction of sp³-hybridized carbons (Fsp3) is 0.647. The largest absolute Gasteiger partial charge is 0.456 e. The third-order valence-electron chi connectivity index (χ3n) is 14.7. The molecule has 4 fully saturated rings. The molecule has 0 spiro atoms. The molecule has 17 heteroatoms. The Kier molecular flexibility index (Phi) is 14.6. The van der Waals surface area contributed by atoms with Crippen molar-refractivity contribution >= 4 is 33.8 Å². The predicted molar refractivity (Wildman–Crippen MR) is 252 cm³/mol. The van der Waals surface area contributed by atoms with Gasteiger partial charge in [-0.3, -0.25) is 4.79 Å². The van der Waals surface area contributed by atoms with Gasteiger partial charge in [-0.05, 0) is 84.5 Å². The highest BCUT2D eigenvalue weighted by atomic mass is 28.2. The molecule has 2 aromatic rings. The summed E-state index contributed by atoms with van der Waals surface area (Å²) in [5, 5.41) is 17.1. The molecule has 12 atom stereocenters. The second-order valence-electron chi connectivity index (χ2n) is 21.4. The maximum Gasteiger partial charge on any atom is 0.408 e. The topological polar surface area (TPSA) is 187 Å². The number of alkyl carbamates (subject to hydrolysis) is 1. The normalized spacial score (nSPS) is 33.4. The highest BCUT2D eigenvalue weighted by molar-refractivity contribution is 6.25. The van der Waals surface area contributed by atoms with Crippen molar-refractivity contribution in [1.29, 1.82) is 0 Å². The van der Waals surface area contributed by atoms with Crippen molar-refractivity contribution < 1.29 is 66.6 Å². The molecule has 68 heavy (non-hydrogen) atoms. The van der Waals surface area contributed by atoms with E-state index >= 15 is 4.79 Å². The predicted octanol–water partition coefficient (Wildman–Crippen LogP) is 5.59. The number of amides is 1. The maximum absolute atomic E-state index is 15.0. The van der Waals surface area contributed by atoms with E-state index in [0.717, 1.165) is 0 Å². The fourth-order valence-corrected chi connectivity index (χ4v) is 12.3. The summed E-state index contributed by atoms with van der Waals surface area (Å²) >= 11 is 0. The Labute approximate surface area is 402 Å². The summed E-state index contributed by atoms with van der Waals surface area (Å²) in [6, 6.07) is 16.4. The third-order valence-corrected chi connectivity index (χ3v) is 15.4. The van der Waals surface area contributed by atoms with Crippen molar-refractivity contribution in [3.63, 3.8) is 0 Å². The molecule has 16 nitrogen and oxygen atoms in total. The number of nitrogens with zero attached hydrogens (tertiary/aromatic N) is 1. The van der Waals surface area contributed by atoms with Gasteiger partial charge in [-0.25, -0.2) is 14.4 Å². The van der Waals surface area contributed by atoms with Crippen LogP contribution in [0.15, 0.2) is 71.8 Å². The van der Waals surface area contributed by atoms with Crippen LogP contribution < -0.4 is 5.32 Å². The van der Waals surface area contributed by atoms with E-state index in [1.165, 1.54) is 6.92 Å². The molecule has 3 aliphatic carbocycles. The Morgan fingerprint density at radius 2 is 1.60 bits per heavy atom. The summed E-state index contributed by atoms with van der Waals surface area (Å²) in [5.41, 5.74) is -4.90. The number of ether oxygens (including phenoxy) is 8. The van der Waals surface area contributed by atoms with E-state index in [4.69, 9.17) is 42.3 Å². The first kappa shape index (κ1) is 51.6. The number of benzene rings is 2. The zero-order valence-corrected chi connectivity index (χ0v) is 43.3. The first-order valence-corrected chi connectivity index (χ1v) is 25.8. The van der Waals surface area contributed by atoms with Gasteiger partial charge >= 0.3 is 24.0 Å². The number of nitrogens with one attached hydrogen (secondary N) is 1. The Hall–Kier alpha value is -4.20. The number of fused-ring (bicyclic) bond motifs is 8. The molecule has 2 aromatic carbocycles. The molecular formula is C51H72N2O14Si. The average Bonchev–Trinajstić information content (AvgIpc) is 3.57. The van der Waals surface area contributed by atoms with Gasteiger partial charge in [0.1, 0.15) is 35.6 Å². The molecule has 7 rings (SSSR count). The van der Waals surface area contributed by atoms with Crippen molar-refractivity contribution in [3.05, 3.63) is 82.9 Å². The van der Waals surface area contributed by atoms with Crippen LogP contribution in [0, 0.1) is 16.7 Å². The van der Waals surface area contributed by atoms with E-state index in [0.29, 0.717) is 36.3 Å². The van der Waals surface area contributed by atoms with Crippen LogP contribution in [0.1, 0.15) is 104 Å². The Bertz CT molecular complexity index is 2220. The zero-order chi connectivity index (χ0) is 49.8. The maximum atomic E-state index is 15.0. The summed E-state index contributed by atoms with van der Waals surface area (Å²) in [4.78, 5) is 58.7. The van der Waals surface area contributed by atoms with Gasteiger partial charge in [0.2, 0.25) is 0 Å². The van der Waals surface area contributed by atoms with E-state index in [-0.39, 0.29) is 18.6 Å². The number of carbonyl (C=O) groups is 4. The zero-order valence-electron chi connectivity index (χ0n) is 41.9. The van der Waals surface area contributed by atoms with Crippen LogP contribution in [-0.4, -0.2) is 143 Å². The summed E-state index contributed by atoms with van der Waals surface area (Å²) < 4.78 is 59.2. The summed E-state index contributed by atoms with van der Waals surface area (Å²) in [5.74, 6) is -4.37. The summed E-state index contributed by atoms with van der Waals surface area (Å²) in [6.07, 6.45) is -7.86. The van der Waals surface area contributed by atoms with Crippen molar-refractivity contribution in [2.24, 2.45) is 16.7 Å². The summed E-state index contributed by atoms with van der Waals surface area (Å²) in [7, 11) is 2.56. The molecule has 2 saturated heterocycles. The molecular weight excluding hydrogens is 893 g/mol.